The summed E-state index contributed by atoms with van der Waals surface area (Å²) in [5.41, 5.74) is 1.75. The van der Waals surface area contributed by atoms with Gasteiger partial charge in [-0.2, -0.15) is 0 Å². The first-order valence-electron chi connectivity index (χ1n) is 11.9. The topological polar surface area (TPSA) is 69.2 Å². The SMILES string of the molecule is CCCCN1CCC(NC(=NC)NCc2ccc(CN(C)C(=O)OC(C)(C)C)cc2)CC1.I. The minimum atomic E-state index is -0.487. The average Bonchev–Trinajstić information content (AvgIpc) is 2.75. The summed E-state index contributed by atoms with van der Waals surface area (Å²) in [6.45, 7) is 12.6. The van der Waals surface area contributed by atoms with E-state index in [1.165, 1.54) is 24.9 Å². The van der Waals surface area contributed by atoms with Gasteiger partial charge in [0.05, 0.1) is 0 Å². The van der Waals surface area contributed by atoms with Gasteiger partial charge in [0.2, 0.25) is 0 Å². The zero-order chi connectivity index (χ0) is 23.6. The number of guanidine groups is 1. The van der Waals surface area contributed by atoms with Gasteiger partial charge in [-0.15, -0.1) is 24.0 Å². The molecule has 2 N–H and O–H groups in total. The Morgan fingerprint density at radius 2 is 1.79 bits per heavy atom. The molecule has 8 heteroatoms. The Balaban J connectivity index is 0.00000544. The molecule has 1 aliphatic heterocycles. The van der Waals surface area contributed by atoms with Crippen molar-refractivity contribution in [2.45, 2.75) is 78.1 Å². The summed E-state index contributed by atoms with van der Waals surface area (Å²) in [6.07, 6.45) is 4.55. The molecular formula is C25H44IN5O2. The van der Waals surface area contributed by atoms with Crippen LogP contribution in [0, 0.1) is 0 Å². The third-order valence-electron chi connectivity index (χ3n) is 5.59. The van der Waals surface area contributed by atoms with Crippen molar-refractivity contribution in [1.29, 1.82) is 0 Å². The molecule has 0 aliphatic carbocycles. The normalized spacial score (nSPS) is 15.5. The van der Waals surface area contributed by atoms with E-state index in [1.807, 2.05) is 27.8 Å². The maximum absolute atomic E-state index is 12.1. The summed E-state index contributed by atoms with van der Waals surface area (Å²) in [5.74, 6) is 0.853. The van der Waals surface area contributed by atoms with Crippen molar-refractivity contribution in [2.24, 2.45) is 4.99 Å². The van der Waals surface area contributed by atoms with Crippen LogP contribution in [0.1, 0.15) is 64.5 Å². The van der Waals surface area contributed by atoms with Gasteiger partial charge >= 0.3 is 6.09 Å². The van der Waals surface area contributed by atoms with Crippen molar-refractivity contribution in [3.63, 3.8) is 0 Å². The number of hydrogen-bond donors (Lipinski definition) is 2. The second-order valence-corrected chi connectivity index (χ2v) is 9.69. The van der Waals surface area contributed by atoms with Gasteiger partial charge in [-0.25, -0.2) is 4.79 Å². The number of piperidine rings is 1. The summed E-state index contributed by atoms with van der Waals surface area (Å²) in [6, 6.07) is 8.76. The van der Waals surface area contributed by atoms with Crippen LogP contribution in [0.4, 0.5) is 4.79 Å². The molecule has 188 valence electrons. The molecule has 33 heavy (non-hydrogen) atoms. The number of benzene rings is 1. The molecule has 0 aromatic heterocycles. The first-order valence-corrected chi connectivity index (χ1v) is 11.9. The van der Waals surface area contributed by atoms with Crippen molar-refractivity contribution in [2.75, 3.05) is 33.7 Å². The summed E-state index contributed by atoms with van der Waals surface area (Å²) in [4.78, 5) is 20.7. The molecule has 7 nitrogen and oxygen atoms in total. The van der Waals surface area contributed by atoms with E-state index >= 15 is 0 Å². The molecule has 0 radical (unpaired) electrons. The Hall–Kier alpha value is -1.55. The predicted molar refractivity (Wildman–Crippen MR) is 147 cm³/mol. The summed E-state index contributed by atoms with van der Waals surface area (Å²) in [5, 5.41) is 7.00. The van der Waals surface area contributed by atoms with E-state index < -0.39 is 5.60 Å². The van der Waals surface area contributed by atoms with Crippen molar-refractivity contribution >= 4 is 36.0 Å². The molecule has 1 aromatic carbocycles. The predicted octanol–water partition coefficient (Wildman–Crippen LogP) is 4.60. The number of ether oxygens (including phenoxy) is 1. The first-order chi connectivity index (χ1) is 15.2. The Labute approximate surface area is 217 Å². The number of aliphatic imine (C=N–C) groups is 1. The van der Waals surface area contributed by atoms with Crippen LogP contribution < -0.4 is 10.6 Å². The van der Waals surface area contributed by atoms with Crippen LogP contribution in [0.5, 0.6) is 0 Å². The van der Waals surface area contributed by atoms with Crippen LogP contribution in [0.2, 0.25) is 0 Å². The Bertz CT molecular complexity index is 725. The molecule has 1 aliphatic rings. The van der Waals surface area contributed by atoms with Gasteiger partial charge in [0.25, 0.3) is 0 Å². The average molecular weight is 574 g/mol. The quantitative estimate of drug-likeness (QED) is 0.270. The Morgan fingerprint density at radius 1 is 1.18 bits per heavy atom. The lowest BCUT2D eigenvalue weighted by Crippen LogP contribution is -2.48. The molecule has 1 aromatic rings. The molecule has 2 rings (SSSR count). The molecular weight excluding hydrogens is 529 g/mol. The molecule has 0 atom stereocenters. The third kappa shape index (κ3) is 11.4. The van der Waals surface area contributed by atoms with Gasteiger partial charge in [0.15, 0.2) is 5.96 Å². The van der Waals surface area contributed by atoms with Gasteiger partial charge in [-0.05, 0) is 57.7 Å². The highest BCUT2D eigenvalue weighted by atomic mass is 127. The van der Waals surface area contributed by atoms with E-state index in [1.54, 1.807) is 11.9 Å². The fourth-order valence-corrected chi connectivity index (χ4v) is 3.70. The van der Waals surface area contributed by atoms with Gasteiger partial charge in [0, 0.05) is 46.3 Å². The number of unbranched alkanes of at least 4 members (excludes halogenated alkanes) is 1. The fraction of sp³-hybridized carbons (Fsp3) is 0.680. The zero-order valence-corrected chi connectivity index (χ0v) is 23.6. The highest BCUT2D eigenvalue weighted by Gasteiger charge is 2.20. The molecule has 1 heterocycles. The number of amides is 1. The zero-order valence-electron chi connectivity index (χ0n) is 21.3. The third-order valence-corrected chi connectivity index (χ3v) is 5.59. The maximum Gasteiger partial charge on any atom is 0.410 e. The number of hydrogen-bond acceptors (Lipinski definition) is 4. The number of carbonyl (C=O) groups is 1. The second-order valence-electron chi connectivity index (χ2n) is 9.69. The first kappa shape index (κ1) is 29.5. The standard InChI is InChI=1S/C25H43N5O2.HI/c1-7-8-15-30-16-13-22(14-17-30)28-23(26-5)27-18-20-9-11-21(12-10-20)19-29(6)24(31)32-25(2,3)4;/h9-12,22H,7-8,13-19H2,1-6H3,(H2,26,27,28);1H. The van der Waals surface area contributed by atoms with E-state index in [9.17, 15) is 4.79 Å². The summed E-state index contributed by atoms with van der Waals surface area (Å²) in [7, 11) is 3.58. The fourth-order valence-electron chi connectivity index (χ4n) is 3.70. The second kappa shape index (κ2) is 14.7. The van der Waals surface area contributed by atoms with Crippen molar-refractivity contribution < 1.29 is 9.53 Å². The maximum atomic E-state index is 12.1. The van der Waals surface area contributed by atoms with Gasteiger partial charge in [0.1, 0.15) is 5.60 Å². The van der Waals surface area contributed by atoms with Crippen LogP contribution >= 0.6 is 24.0 Å². The highest BCUT2D eigenvalue weighted by molar-refractivity contribution is 14.0. The number of halogens is 1. The smallest absolute Gasteiger partial charge is 0.410 e. The number of rotatable bonds is 8. The lowest BCUT2D eigenvalue weighted by Gasteiger charge is -2.33. The van der Waals surface area contributed by atoms with Crippen LogP contribution in [-0.2, 0) is 17.8 Å². The Morgan fingerprint density at radius 3 is 2.33 bits per heavy atom. The largest absolute Gasteiger partial charge is 0.444 e. The Kier molecular flexibility index (Phi) is 13.1. The molecule has 1 amide bonds. The number of nitrogens with zero attached hydrogens (tertiary/aromatic N) is 3. The number of carbonyl (C=O) groups excluding carboxylic acids is 1. The van der Waals surface area contributed by atoms with E-state index in [-0.39, 0.29) is 30.1 Å². The van der Waals surface area contributed by atoms with Crippen molar-refractivity contribution in [3.8, 4) is 0 Å². The summed E-state index contributed by atoms with van der Waals surface area (Å²) < 4.78 is 5.41. The van der Waals surface area contributed by atoms with Gasteiger partial charge < -0.3 is 25.2 Å². The number of nitrogens with one attached hydrogen (secondary N) is 2. The van der Waals surface area contributed by atoms with Crippen LogP contribution in [0.25, 0.3) is 0 Å². The van der Waals surface area contributed by atoms with E-state index in [0.717, 1.165) is 37.5 Å². The minimum Gasteiger partial charge on any atom is -0.444 e. The van der Waals surface area contributed by atoms with Crippen LogP contribution in [0.3, 0.4) is 0 Å². The van der Waals surface area contributed by atoms with Crippen LogP contribution in [0.15, 0.2) is 29.3 Å². The molecule has 0 bridgehead atoms. The molecule has 0 saturated carbocycles. The van der Waals surface area contributed by atoms with Crippen molar-refractivity contribution in [1.82, 2.24) is 20.4 Å². The molecule has 0 unspecified atom stereocenters. The minimum absolute atomic E-state index is 0. The van der Waals surface area contributed by atoms with E-state index in [0.29, 0.717) is 19.1 Å². The summed E-state index contributed by atoms with van der Waals surface area (Å²) >= 11 is 0. The van der Waals surface area contributed by atoms with Crippen molar-refractivity contribution in [3.05, 3.63) is 35.4 Å². The molecule has 1 fully saturated rings. The lowest BCUT2D eigenvalue weighted by molar-refractivity contribution is 0.0285. The molecule has 0 spiro atoms. The lowest BCUT2D eigenvalue weighted by atomic mass is 10.0. The van der Waals surface area contributed by atoms with E-state index in [4.69, 9.17) is 4.74 Å². The monoisotopic (exact) mass is 573 g/mol. The van der Waals surface area contributed by atoms with Gasteiger partial charge in [-0.1, -0.05) is 37.6 Å². The number of likely N-dealkylation sites (tertiary alicyclic amines) is 1. The van der Waals surface area contributed by atoms with Crippen LogP contribution in [-0.4, -0.2) is 67.2 Å². The van der Waals surface area contributed by atoms with E-state index in [2.05, 4.69) is 51.7 Å². The molecule has 1 saturated heterocycles. The highest BCUT2D eigenvalue weighted by Crippen LogP contribution is 2.13. The van der Waals surface area contributed by atoms with Gasteiger partial charge in [-0.3, -0.25) is 4.99 Å².